The third-order valence-corrected chi connectivity index (χ3v) is 20.1. The number of nitrogens with one attached hydrogen (secondary N) is 1. The molecule has 0 saturated carbocycles. The molecule has 3 heteroatoms. The molecule has 1 N–H and O–H groups in total. The Bertz CT molecular complexity index is 570. The first-order valence-corrected chi connectivity index (χ1v) is 19.0. The Hall–Kier alpha value is -0.771. The monoisotopic (exact) mass is 476 g/mol. The van der Waals surface area contributed by atoms with Crippen molar-refractivity contribution in [2.75, 3.05) is 11.9 Å². The second kappa shape index (κ2) is 12.6. The Balaban J connectivity index is 2.28. The molecule has 0 bridgehead atoms. The first kappa shape index (κ1) is 22.5. The van der Waals surface area contributed by atoms with Gasteiger partial charge in [-0.25, -0.2) is 0 Å². The van der Waals surface area contributed by atoms with Crippen LogP contribution in [0.3, 0.4) is 0 Å². The first-order valence-electron chi connectivity index (χ1n) is 11.3. The van der Waals surface area contributed by atoms with Crippen LogP contribution in [0.1, 0.15) is 72.1 Å². The molecule has 0 atom stereocenters. The van der Waals surface area contributed by atoms with Crippen molar-refractivity contribution in [3.05, 3.63) is 40.0 Å². The Morgan fingerprint density at radius 2 is 1.52 bits per heavy atom. The molecule has 2 nitrogen and oxygen atoms in total. The zero-order valence-electron chi connectivity index (χ0n) is 17.9. The second-order valence-corrected chi connectivity index (χ2v) is 21.0. The van der Waals surface area contributed by atoms with E-state index in [-0.39, 0.29) is 0 Å². The molecule has 0 unspecified atom stereocenters. The van der Waals surface area contributed by atoms with Gasteiger partial charge in [0.25, 0.3) is 0 Å². The number of amidine groups is 1. The number of rotatable bonds is 11. The summed E-state index contributed by atoms with van der Waals surface area (Å²) in [5.74, 6) is 1.16. The van der Waals surface area contributed by atoms with Gasteiger partial charge in [-0.15, -0.1) is 0 Å². The number of aliphatic imine (C=N–C) groups is 1. The third kappa shape index (κ3) is 7.63. The van der Waals surface area contributed by atoms with Gasteiger partial charge in [0, 0.05) is 0 Å². The molecule has 150 valence electrons. The molecule has 1 aliphatic rings. The van der Waals surface area contributed by atoms with Gasteiger partial charge in [-0.2, -0.15) is 0 Å². The quantitative estimate of drug-likeness (QED) is 0.328. The minimum absolute atomic E-state index is 0.966. The van der Waals surface area contributed by atoms with Crippen molar-refractivity contribution in [2.24, 2.45) is 4.99 Å². The van der Waals surface area contributed by atoms with Gasteiger partial charge in [0.05, 0.1) is 0 Å². The molecule has 0 spiro atoms. The standard InChI is InChI=1S/C12H13N2.3C4H9.Sn/c1-10-6-5-9-13-12(10)14-11-7-3-2-4-8-11;3*1-3-4-2;/h1-4,7-8H,5-6,9H2,(H,13,14);3*1,3-4H2,2H3;. The Labute approximate surface area is 171 Å². The summed E-state index contributed by atoms with van der Waals surface area (Å²) in [6.45, 7) is 8.03. The number of para-hydroxylation sites is 1. The van der Waals surface area contributed by atoms with Gasteiger partial charge in [-0.3, -0.25) is 0 Å². The predicted molar refractivity (Wildman–Crippen MR) is 125 cm³/mol. The number of benzene rings is 1. The number of hydrogen-bond donors (Lipinski definition) is 1. The summed E-state index contributed by atoms with van der Waals surface area (Å²) in [7, 11) is 0. The Kier molecular flexibility index (Phi) is 10.5. The summed E-state index contributed by atoms with van der Waals surface area (Å²) >= 11 is -2.28. The fourth-order valence-electron chi connectivity index (χ4n) is 4.15. The SMILES string of the molecule is CCC[CH2][Sn](/[CH]=C1/CCCN=C1Nc1ccccc1)([CH2]CCC)[CH2]CCC. The van der Waals surface area contributed by atoms with Gasteiger partial charge in [0.2, 0.25) is 0 Å². The maximum atomic E-state index is 4.90. The van der Waals surface area contributed by atoms with Crippen LogP contribution < -0.4 is 5.32 Å². The van der Waals surface area contributed by atoms with Crippen molar-refractivity contribution in [1.29, 1.82) is 0 Å². The molecular formula is C24H40N2Sn. The van der Waals surface area contributed by atoms with Crippen LogP contribution >= 0.6 is 0 Å². The molecule has 0 amide bonds. The average Bonchev–Trinajstić information content (AvgIpc) is 2.71. The second-order valence-electron chi connectivity index (χ2n) is 8.17. The molecule has 1 heterocycles. The first-order chi connectivity index (χ1) is 13.2. The zero-order valence-corrected chi connectivity index (χ0v) is 20.8. The predicted octanol–water partition coefficient (Wildman–Crippen LogP) is 7.61. The van der Waals surface area contributed by atoms with E-state index in [1.165, 1.54) is 70.4 Å². The number of unbranched alkanes of at least 4 members (excludes halogenated alkanes) is 3. The Morgan fingerprint density at radius 1 is 0.926 bits per heavy atom. The number of anilines is 1. The molecule has 0 saturated heterocycles. The van der Waals surface area contributed by atoms with Gasteiger partial charge in [0.15, 0.2) is 0 Å². The molecule has 2 rings (SSSR count). The van der Waals surface area contributed by atoms with Crippen LogP contribution in [0.4, 0.5) is 5.69 Å². The van der Waals surface area contributed by atoms with Crippen molar-refractivity contribution in [3.8, 4) is 0 Å². The van der Waals surface area contributed by atoms with E-state index in [4.69, 9.17) is 4.99 Å². The van der Waals surface area contributed by atoms with E-state index in [9.17, 15) is 0 Å². The van der Waals surface area contributed by atoms with Crippen molar-refractivity contribution in [3.63, 3.8) is 0 Å². The molecule has 1 aromatic carbocycles. The van der Waals surface area contributed by atoms with E-state index in [1.54, 1.807) is 5.57 Å². The molecule has 0 aliphatic carbocycles. The summed E-state index contributed by atoms with van der Waals surface area (Å²) in [6.07, 6.45) is 10.7. The zero-order chi connectivity index (χ0) is 19.4. The average molecular weight is 475 g/mol. The fraction of sp³-hybridized carbons (Fsp3) is 0.625. The minimum atomic E-state index is -2.28. The number of hydrogen-bond acceptors (Lipinski definition) is 2. The van der Waals surface area contributed by atoms with E-state index in [2.05, 4.69) is 60.5 Å². The summed E-state index contributed by atoms with van der Waals surface area (Å²) < 4.78 is 7.47. The van der Waals surface area contributed by atoms with Crippen LogP contribution in [0.5, 0.6) is 0 Å². The summed E-state index contributed by atoms with van der Waals surface area (Å²) in [5, 5.41) is 3.64. The molecule has 1 aromatic rings. The van der Waals surface area contributed by atoms with Crippen LogP contribution in [-0.2, 0) is 0 Å². The molecule has 1 aliphatic heterocycles. The summed E-state index contributed by atoms with van der Waals surface area (Å²) in [5.41, 5.74) is 2.71. The molecule has 27 heavy (non-hydrogen) atoms. The summed E-state index contributed by atoms with van der Waals surface area (Å²) in [4.78, 5) is 4.90. The molecular weight excluding hydrogens is 435 g/mol. The van der Waals surface area contributed by atoms with Crippen molar-refractivity contribution in [2.45, 2.75) is 85.4 Å². The third-order valence-electron chi connectivity index (χ3n) is 5.78. The molecule has 0 fully saturated rings. The van der Waals surface area contributed by atoms with E-state index in [1.807, 2.05) is 0 Å². The van der Waals surface area contributed by atoms with Gasteiger partial charge >= 0.3 is 172 Å². The van der Waals surface area contributed by atoms with Crippen molar-refractivity contribution < 1.29 is 0 Å². The van der Waals surface area contributed by atoms with Crippen LogP contribution in [0.25, 0.3) is 0 Å². The van der Waals surface area contributed by atoms with Gasteiger partial charge in [-0.1, -0.05) is 0 Å². The van der Waals surface area contributed by atoms with Crippen LogP contribution in [0.15, 0.2) is 45.0 Å². The van der Waals surface area contributed by atoms with E-state index in [0.29, 0.717) is 0 Å². The number of nitrogens with zero attached hydrogens (tertiary/aromatic N) is 1. The van der Waals surface area contributed by atoms with Gasteiger partial charge in [0.1, 0.15) is 0 Å². The van der Waals surface area contributed by atoms with Crippen LogP contribution in [-0.4, -0.2) is 30.8 Å². The van der Waals surface area contributed by atoms with Crippen molar-refractivity contribution in [1.82, 2.24) is 0 Å². The van der Waals surface area contributed by atoms with Crippen LogP contribution in [0.2, 0.25) is 13.3 Å². The topological polar surface area (TPSA) is 24.4 Å². The molecule has 0 radical (unpaired) electrons. The van der Waals surface area contributed by atoms with E-state index < -0.39 is 18.4 Å². The van der Waals surface area contributed by atoms with E-state index >= 15 is 0 Å². The normalized spacial score (nSPS) is 16.4. The van der Waals surface area contributed by atoms with Crippen LogP contribution in [0, 0.1) is 0 Å². The fourth-order valence-corrected chi connectivity index (χ4v) is 19.5. The Morgan fingerprint density at radius 3 is 2.07 bits per heavy atom. The maximum absolute atomic E-state index is 4.90. The van der Waals surface area contributed by atoms with Crippen molar-refractivity contribution >= 4 is 29.9 Å². The molecule has 0 aromatic heterocycles. The van der Waals surface area contributed by atoms with Gasteiger partial charge in [-0.05, 0) is 0 Å². The summed E-state index contributed by atoms with van der Waals surface area (Å²) in [6, 6.07) is 10.6. The van der Waals surface area contributed by atoms with E-state index in [0.717, 1.165) is 12.4 Å². The van der Waals surface area contributed by atoms with Gasteiger partial charge < -0.3 is 0 Å².